The van der Waals surface area contributed by atoms with E-state index in [4.69, 9.17) is 0 Å². The quantitative estimate of drug-likeness (QED) is 0.807. The lowest BCUT2D eigenvalue weighted by Gasteiger charge is -2.08. The van der Waals surface area contributed by atoms with Crippen LogP contribution < -0.4 is 10.6 Å². The zero-order valence-electron chi connectivity index (χ0n) is 12.5. The third-order valence-electron chi connectivity index (χ3n) is 3.05. The maximum atomic E-state index is 12.7. The van der Waals surface area contributed by atoms with Gasteiger partial charge in [-0.25, -0.2) is 0 Å². The van der Waals surface area contributed by atoms with Crippen LogP contribution >= 0.6 is 0 Å². The zero-order chi connectivity index (χ0) is 17.2. The van der Waals surface area contributed by atoms with E-state index in [-0.39, 0.29) is 29.7 Å². The monoisotopic (exact) mass is 327 g/mol. The molecule has 0 unspecified atom stereocenters. The Bertz CT molecular complexity index is 735. The SMILES string of the molecule is CC(C)NC(=O)CNC(=O)c1cc2ccc(C(F)(F)F)cc2[nH]1. The highest BCUT2D eigenvalue weighted by Gasteiger charge is 2.30. The number of nitrogens with one attached hydrogen (secondary N) is 3. The molecule has 0 spiro atoms. The minimum absolute atomic E-state index is 0.0479. The Hall–Kier alpha value is -2.51. The van der Waals surface area contributed by atoms with Gasteiger partial charge in [-0.1, -0.05) is 6.07 Å². The maximum absolute atomic E-state index is 12.7. The Labute approximate surface area is 130 Å². The molecule has 0 fully saturated rings. The highest BCUT2D eigenvalue weighted by Crippen LogP contribution is 2.31. The van der Waals surface area contributed by atoms with Crippen molar-refractivity contribution >= 4 is 22.7 Å². The summed E-state index contributed by atoms with van der Waals surface area (Å²) < 4.78 is 38.0. The fourth-order valence-corrected chi connectivity index (χ4v) is 2.05. The van der Waals surface area contributed by atoms with Gasteiger partial charge in [-0.05, 0) is 32.0 Å². The average Bonchev–Trinajstić information content (AvgIpc) is 2.86. The Kier molecular flexibility index (Phi) is 4.63. The van der Waals surface area contributed by atoms with Gasteiger partial charge in [0.1, 0.15) is 5.69 Å². The van der Waals surface area contributed by atoms with Crippen molar-refractivity contribution in [2.45, 2.75) is 26.1 Å². The van der Waals surface area contributed by atoms with Gasteiger partial charge in [-0.3, -0.25) is 9.59 Å². The lowest BCUT2D eigenvalue weighted by molar-refractivity contribution is -0.137. The van der Waals surface area contributed by atoms with Crippen molar-refractivity contribution in [2.75, 3.05) is 6.54 Å². The van der Waals surface area contributed by atoms with E-state index in [1.54, 1.807) is 13.8 Å². The van der Waals surface area contributed by atoms with Crippen LogP contribution in [-0.4, -0.2) is 29.4 Å². The number of hydrogen-bond donors (Lipinski definition) is 3. The van der Waals surface area contributed by atoms with Crippen molar-refractivity contribution in [3.05, 3.63) is 35.5 Å². The molecule has 0 radical (unpaired) electrons. The third-order valence-corrected chi connectivity index (χ3v) is 3.05. The number of aromatic nitrogens is 1. The molecule has 0 aliphatic carbocycles. The van der Waals surface area contributed by atoms with Crippen LogP contribution in [0.1, 0.15) is 29.9 Å². The first-order valence-electron chi connectivity index (χ1n) is 6.94. The van der Waals surface area contributed by atoms with Crippen LogP contribution in [0.2, 0.25) is 0 Å². The summed E-state index contributed by atoms with van der Waals surface area (Å²) in [5.74, 6) is -0.905. The number of amides is 2. The number of carbonyl (C=O) groups is 2. The first-order chi connectivity index (χ1) is 10.7. The van der Waals surface area contributed by atoms with Gasteiger partial charge >= 0.3 is 6.18 Å². The molecular formula is C15H16F3N3O2. The summed E-state index contributed by atoms with van der Waals surface area (Å²) in [5, 5.41) is 5.50. The summed E-state index contributed by atoms with van der Waals surface area (Å²) in [6.45, 7) is 3.37. The van der Waals surface area contributed by atoms with Gasteiger partial charge in [-0.15, -0.1) is 0 Å². The molecule has 5 nitrogen and oxygen atoms in total. The second-order valence-electron chi connectivity index (χ2n) is 5.39. The summed E-state index contributed by atoms with van der Waals surface area (Å²) >= 11 is 0. The molecular weight excluding hydrogens is 311 g/mol. The van der Waals surface area contributed by atoms with Crippen molar-refractivity contribution in [1.29, 1.82) is 0 Å². The van der Waals surface area contributed by atoms with Gasteiger partial charge in [-0.2, -0.15) is 13.2 Å². The highest BCUT2D eigenvalue weighted by molar-refractivity contribution is 5.99. The highest BCUT2D eigenvalue weighted by atomic mass is 19.4. The number of aromatic amines is 1. The zero-order valence-corrected chi connectivity index (χ0v) is 12.5. The molecule has 1 aromatic heterocycles. The summed E-state index contributed by atoms with van der Waals surface area (Å²) in [6, 6.07) is 4.57. The fraction of sp³-hybridized carbons (Fsp3) is 0.333. The normalized spacial score (nSPS) is 11.7. The van der Waals surface area contributed by atoms with Crippen LogP contribution in [-0.2, 0) is 11.0 Å². The molecule has 2 rings (SSSR count). The Morgan fingerprint density at radius 1 is 1.22 bits per heavy atom. The number of carbonyl (C=O) groups excluding carboxylic acids is 2. The molecule has 2 aromatic rings. The molecule has 2 amide bonds. The predicted octanol–water partition coefficient (Wildman–Crippen LogP) is 2.44. The Balaban J connectivity index is 2.11. The molecule has 1 aromatic carbocycles. The minimum Gasteiger partial charge on any atom is -0.352 e. The van der Waals surface area contributed by atoms with E-state index < -0.39 is 17.6 Å². The number of fused-ring (bicyclic) bond motifs is 1. The molecule has 3 N–H and O–H groups in total. The molecule has 124 valence electrons. The van der Waals surface area contributed by atoms with Crippen molar-refractivity contribution in [3.8, 4) is 0 Å². The molecule has 0 saturated heterocycles. The van der Waals surface area contributed by atoms with Gasteiger partial charge in [0.2, 0.25) is 5.91 Å². The third kappa shape index (κ3) is 4.24. The van der Waals surface area contributed by atoms with Gasteiger partial charge in [0, 0.05) is 16.9 Å². The lowest BCUT2D eigenvalue weighted by Crippen LogP contribution is -2.39. The predicted molar refractivity (Wildman–Crippen MR) is 78.9 cm³/mol. The lowest BCUT2D eigenvalue weighted by atomic mass is 10.1. The van der Waals surface area contributed by atoms with Crippen molar-refractivity contribution < 1.29 is 22.8 Å². The number of alkyl halides is 3. The maximum Gasteiger partial charge on any atom is 0.416 e. The summed E-state index contributed by atoms with van der Waals surface area (Å²) in [6.07, 6.45) is -4.45. The topological polar surface area (TPSA) is 74.0 Å². The molecule has 0 aliphatic heterocycles. The van der Waals surface area contributed by atoms with Gasteiger partial charge in [0.05, 0.1) is 12.1 Å². The Morgan fingerprint density at radius 2 is 1.91 bits per heavy atom. The van der Waals surface area contributed by atoms with Crippen LogP contribution in [0.15, 0.2) is 24.3 Å². The van der Waals surface area contributed by atoms with Crippen LogP contribution in [0.25, 0.3) is 10.9 Å². The first-order valence-corrected chi connectivity index (χ1v) is 6.94. The van der Waals surface area contributed by atoms with Crippen molar-refractivity contribution in [3.63, 3.8) is 0 Å². The van der Waals surface area contributed by atoms with E-state index in [0.717, 1.165) is 12.1 Å². The Morgan fingerprint density at radius 3 is 2.52 bits per heavy atom. The van der Waals surface area contributed by atoms with E-state index >= 15 is 0 Å². The number of hydrogen-bond acceptors (Lipinski definition) is 2. The summed E-state index contributed by atoms with van der Waals surface area (Å²) in [7, 11) is 0. The average molecular weight is 327 g/mol. The minimum atomic E-state index is -4.45. The van der Waals surface area contributed by atoms with E-state index in [0.29, 0.717) is 5.39 Å². The van der Waals surface area contributed by atoms with Crippen LogP contribution in [0.5, 0.6) is 0 Å². The molecule has 0 atom stereocenters. The fourth-order valence-electron chi connectivity index (χ4n) is 2.05. The molecule has 1 heterocycles. The summed E-state index contributed by atoms with van der Waals surface area (Å²) in [5.41, 5.74) is -0.497. The largest absolute Gasteiger partial charge is 0.416 e. The summed E-state index contributed by atoms with van der Waals surface area (Å²) in [4.78, 5) is 26.0. The van der Waals surface area contributed by atoms with E-state index in [1.807, 2.05) is 0 Å². The van der Waals surface area contributed by atoms with Crippen LogP contribution in [0.4, 0.5) is 13.2 Å². The second-order valence-corrected chi connectivity index (χ2v) is 5.39. The number of H-pyrrole nitrogens is 1. The van der Waals surface area contributed by atoms with Crippen LogP contribution in [0.3, 0.4) is 0 Å². The molecule has 23 heavy (non-hydrogen) atoms. The van der Waals surface area contributed by atoms with Crippen LogP contribution in [0, 0.1) is 0 Å². The van der Waals surface area contributed by atoms with Crippen molar-refractivity contribution in [1.82, 2.24) is 15.6 Å². The van der Waals surface area contributed by atoms with Gasteiger partial charge < -0.3 is 15.6 Å². The van der Waals surface area contributed by atoms with E-state index in [9.17, 15) is 22.8 Å². The first kappa shape index (κ1) is 16.9. The van der Waals surface area contributed by atoms with Crippen molar-refractivity contribution in [2.24, 2.45) is 0 Å². The molecule has 0 aliphatic rings. The standard InChI is InChI=1S/C15H16F3N3O2/c1-8(2)20-13(22)7-19-14(23)12-5-9-3-4-10(15(16,17)18)6-11(9)21-12/h3-6,8,21H,7H2,1-2H3,(H,19,23)(H,20,22). The molecule has 0 saturated carbocycles. The number of benzene rings is 1. The van der Waals surface area contributed by atoms with E-state index in [1.165, 1.54) is 12.1 Å². The molecule has 8 heteroatoms. The molecule has 0 bridgehead atoms. The smallest absolute Gasteiger partial charge is 0.352 e. The number of rotatable bonds is 4. The van der Waals surface area contributed by atoms with Gasteiger partial charge in [0.15, 0.2) is 0 Å². The number of halogens is 3. The second kappa shape index (κ2) is 6.31. The van der Waals surface area contributed by atoms with E-state index in [2.05, 4.69) is 15.6 Å². The van der Waals surface area contributed by atoms with Gasteiger partial charge in [0.25, 0.3) is 5.91 Å².